The fourth-order valence-corrected chi connectivity index (χ4v) is 4.79. The normalized spacial score (nSPS) is 11.7. The number of nitrogens with two attached hydrogens (primary N) is 1. The molecule has 0 aliphatic carbocycles. The van der Waals surface area contributed by atoms with Crippen LogP contribution in [0.4, 0.5) is 0 Å². The lowest BCUT2D eigenvalue weighted by Crippen LogP contribution is -2.61. The lowest BCUT2D eigenvalue weighted by molar-refractivity contribution is -0.142. The van der Waals surface area contributed by atoms with E-state index in [-0.39, 0.29) is 36.6 Å². The minimum absolute atomic E-state index is 0.246. The van der Waals surface area contributed by atoms with Crippen molar-refractivity contribution in [3.05, 3.63) is 0 Å². The van der Waals surface area contributed by atoms with Crippen molar-refractivity contribution in [1.82, 2.24) is 0 Å². The largest absolute Gasteiger partial charge is 0.394 e. The fourth-order valence-electron chi connectivity index (χ4n) is 4.79. The first kappa shape index (κ1) is 41.0. The molecule has 0 heterocycles. The molecular weight excluding hydrogens is 530 g/mol. The van der Waals surface area contributed by atoms with Gasteiger partial charge in [0.25, 0.3) is 0 Å². The fraction of sp³-hybridized carbons (Fsp3) is 0.903. The van der Waals surface area contributed by atoms with Gasteiger partial charge in [0.2, 0.25) is 0 Å². The molecule has 0 aliphatic rings. The van der Waals surface area contributed by atoms with Crippen molar-refractivity contribution in [3.63, 3.8) is 0 Å². The highest BCUT2D eigenvalue weighted by molar-refractivity contribution is 7.79. The second-order valence-electron chi connectivity index (χ2n) is 11.1. The molecule has 238 valence electrons. The summed E-state index contributed by atoms with van der Waals surface area (Å²) in [6.45, 7) is 6.60. The van der Waals surface area contributed by atoms with Crippen LogP contribution in [0.2, 0.25) is 0 Å². The van der Waals surface area contributed by atoms with Crippen molar-refractivity contribution >= 4 is 27.7 Å². The number of carbonyl (C=O) groups is 3. The summed E-state index contributed by atoms with van der Waals surface area (Å²) in [5, 5.41) is 0. The lowest BCUT2D eigenvalue weighted by atomic mass is 9.79. The summed E-state index contributed by atoms with van der Waals surface area (Å²) in [5.41, 5.74) is 4.51. The zero-order chi connectivity index (χ0) is 30.7. The number of ketones is 3. The van der Waals surface area contributed by atoms with Gasteiger partial charge in [-0.2, -0.15) is 8.42 Å². The third-order valence-electron chi connectivity index (χ3n) is 7.34. The molecule has 9 heteroatoms. The Bertz CT molecular complexity index is 671. The van der Waals surface area contributed by atoms with Gasteiger partial charge in [-0.1, -0.05) is 136 Å². The highest BCUT2D eigenvalue weighted by Gasteiger charge is 2.46. The molecule has 8 nitrogen and oxygen atoms in total. The Morgan fingerprint density at radius 2 is 0.650 bits per heavy atom. The van der Waals surface area contributed by atoms with E-state index in [1.807, 2.05) is 0 Å². The van der Waals surface area contributed by atoms with Crippen molar-refractivity contribution in [2.75, 3.05) is 0 Å². The molecule has 0 amide bonds. The summed E-state index contributed by atoms with van der Waals surface area (Å²) >= 11 is 0. The minimum Gasteiger partial charge on any atom is -0.307 e. The minimum atomic E-state index is -4.67. The predicted octanol–water partition coefficient (Wildman–Crippen LogP) is 8.16. The van der Waals surface area contributed by atoms with Gasteiger partial charge in [0.15, 0.2) is 22.9 Å². The smallest absolute Gasteiger partial charge is 0.307 e. The average Bonchev–Trinajstić information content (AvgIpc) is 2.89. The zero-order valence-electron chi connectivity index (χ0n) is 25.9. The highest BCUT2D eigenvalue weighted by atomic mass is 32.3. The maximum atomic E-state index is 13.1. The second kappa shape index (κ2) is 26.7. The average molecular weight is 592 g/mol. The number of hydrogen-bond acceptors (Lipinski definition) is 6. The number of unbranched alkanes of at least 4 members (excludes halogenated alkanes) is 18. The van der Waals surface area contributed by atoms with Gasteiger partial charge in [0.1, 0.15) is 0 Å². The van der Waals surface area contributed by atoms with E-state index in [2.05, 4.69) is 20.8 Å². The van der Waals surface area contributed by atoms with Gasteiger partial charge in [-0.15, -0.1) is 0 Å². The first-order chi connectivity index (χ1) is 18.9. The summed E-state index contributed by atoms with van der Waals surface area (Å²) in [5.74, 6) is -1.02. The molecule has 0 aromatic heterocycles. The molecule has 0 radical (unpaired) electrons. The van der Waals surface area contributed by atoms with E-state index in [1.54, 1.807) is 0 Å². The topological polar surface area (TPSA) is 152 Å². The quantitative estimate of drug-likeness (QED) is 0.0491. The van der Waals surface area contributed by atoms with Crippen molar-refractivity contribution in [1.29, 1.82) is 0 Å². The summed E-state index contributed by atoms with van der Waals surface area (Å²) in [6.07, 6.45) is 23.8. The summed E-state index contributed by atoms with van der Waals surface area (Å²) in [4.78, 5) is 39.4. The second-order valence-corrected chi connectivity index (χ2v) is 12.0. The first-order valence-electron chi connectivity index (χ1n) is 16.0. The summed E-state index contributed by atoms with van der Waals surface area (Å²) in [6, 6.07) is 0. The van der Waals surface area contributed by atoms with Gasteiger partial charge in [-0.05, 0) is 19.3 Å². The molecule has 0 saturated heterocycles. The Labute approximate surface area is 245 Å². The number of carbonyl (C=O) groups excluding carboxylic acids is 3. The predicted molar refractivity (Wildman–Crippen MR) is 164 cm³/mol. The van der Waals surface area contributed by atoms with Crippen molar-refractivity contribution in [3.8, 4) is 0 Å². The summed E-state index contributed by atoms with van der Waals surface area (Å²) < 4.78 is 31.6. The molecule has 0 bridgehead atoms. The Morgan fingerprint density at radius 3 is 0.850 bits per heavy atom. The Morgan fingerprint density at radius 1 is 0.475 bits per heavy atom. The van der Waals surface area contributed by atoms with Gasteiger partial charge in [0.05, 0.1) is 0 Å². The Balaban J connectivity index is 0. The molecule has 40 heavy (non-hydrogen) atoms. The van der Waals surface area contributed by atoms with E-state index in [1.165, 1.54) is 77.0 Å². The van der Waals surface area contributed by atoms with Gasteiger partial charge in [-0.3, -0.25) is 23.5 Å². The lowest BCUT2D eigenvalue weighted by Gasteiger charge is -2.25. The number of Topliss-reactive ketones (excluding diaryl/α,β-unsaturated/α-hetero) is 3. The van der Waals surface area contributed by atoms with Crippen LogP contribution in [0.15, 0.2) is 0 Å². The van der Waals surface area contributed by atoms with Crippen LogP contribution in [-0.2, 0) is 24.8 Å². The first-order valence-corrected chi connectivity index (χ1v) is 17.4. The summed E-state index contributed by atoms with van der Waals surface area (Å²) in [7, 11) is -4.67. The van der Waals surface area contributed by atoms with Gasteiger partial charge < -0.3 is 5.73 Å². The SMILES string of the molecule is CCCCCCCCCC(=O)C(N)(C(=O)CCCCCCCCC)C(=O)CCCCCCCCC.O=S(=O)(O)O. The van der Waals surface area contributed by atoms with Gasteiger partial charge in [0, 0.05) is 19.3 Å². The molecule has 0 unspecified atom stereocenters. The molecule has 0 saturated carbocycles. The van der Waals surface area contributed by atoms with Crippen molar-refractivity contribution in [2.24, 2.45) is 5.73 Å². The molecule has 0 rings (SSSR count). The molecule has 0 spiro atoms. The van der Waals surface area contributed by atoms with E-state index in [0.717, 1.165) is 57.8 Å². The van der Waals surface area contributed by atoms with Gasteiger partial charge >= 0.3 is 10.4 Å². The van der Waals surface area contributed by atoms with Crippen LogP contribution in [0.3, 0.4) is 0 Å². The molecule has 0 aromatic rings. The van der Waals surface area contributed by atoms with E-state index in [9.17, 15) is 14.4 Å². The van der Waals surface area contributed by atoms with Crippen LogP contribution in [-0.4, -0.2) is 40.4 Å². The Kier molecular flexibility index (Phi) is 27.4. The molecule has 0 aliphatic heterocycles. The molecule has 0 atom stereocenters. The van der Waals surface area contributed by atoms with Crippen molar-refractivity contribution in [2.45, 2.75) is 180 Å². The van der Waals surface area contributed by atoms with E-state index in [0.29, 0.717) is 0 Å². The van der Waals surface area contributed by atoms with Crippen LogP contribution in [0.1, 0.15) is 175 Å². The number of hydrogen-bond donors (Lipinski definition) is 3. The monoisotopic (exact) mass is 591 g/mol. The molecular formula is C31H61NO7S. The molecule has 0 fully saturated rings. The van der Waals surface area contributed by atoms with Crippen LogP contribution in [0.25, 0.3) is 0 Å². The molecule has 4 N–H and O–H groups in total. The highest BCUT2D eigenvalue weighted by Crippen LogP contribution is 2.21. The maximum Gasteiger partial charge on any atom is 0.394 e. The number of rotatable bonds is 27. The van der Waals surface area contributed by atoms with Crippen LogP contribution in [0.5, 0.6) is 0 Å². The zero-order valence-corrected chi connectivity index (χ0v) is 26.7. The maximum absolute atomic E-state index is 13.1. The van der Waals surface area contributed by atoms with Crippen LogP contribution >= 0.6 is 0 Å². The van der Waals surface area contributed by atoms with Crippen LogP contribution in [0, 0.1) is 0 Å². The van der Waals surface area contributed by atoms with Crippen molar-refractivity contribution < 1.29 is 31.9 Å². The third kappa shape index (κ3) is 24.6. The Hall–Kier alpha value is -1.16. The third-order valence-corrected chi connectivity index (χ3v) is 7.34. The van der Waals surface area contributed by atoms with E-state index in [4.69, 9.17) is 23.3 Å². The molecule has 0 aromatic carbocycles. The van der Waals surface area contributed by atoms with E-state index < -0.39 is 15.9 Å². The standard InChI is InChI=1S/C31H59NO3.H2O4S/c1-4-7-10-13-16-19-22-25-28(33)31(32,29(34)26-23-20-17-14-11-8-5-2)30(35)27-24-21-18-15-12-9-6-3;1-5(2,3)4/h4-27,32H2,1-3H3;(H2,1,2,3,4). The van der Waals surface area contributed by atoms with Gasteiger partial charge in [-0.25, -0.2) is 0 Å². The van der Waals surface area contributed by atoms with Crippen LogP contribution < -0.4 is 5.73 Å². The van der Waals surface area contributed by atoms with E-state index >= 15 is 0 Å².